The third-order valence-corrected chi connectivity index (χ3v) is 4.27. The molecule has 0 heterocycles. The highest BCUT2D eigenvalue weighted by Gasteiger charge is 2.21. The van der Waals surface area contributed by atoms with Gasteiger partial charge < -0.3 is 10.4 Å². The minimum absolute atomic E-state index is 0.173. The molecule has 0 aliphatic rings. The van der Waals surface area contributed by atoms with Crippen LogP contribution in [-0.4, -0.2) is 27.3 Å². The van der Waals surface area contributed by atoms with Crippen molar-refractivity contribution in [2.45, 2.75) is 33.7 Å². The maximum atomic E-state index is 11.4. The van der Waals surface area contributed by atoms with Crippen LogP contribution < -0.4 is 5.32 Å². The molecule has 0 saturated heterocycles. The lowest BCUT2D eigenvalue weighted by Crippen LogP contribution is -2.28. The number of hydrogen-bond acceptors (Lipinski definition) is 4. The van der Waals surface area contributed by atoms with Crippen molar-refractivity contribution < 1.29 is 19.9 Å². The quantitative estimate of drug-likeness (QED) is 0.563. The van der Waals surface area contributed by atoms with E-state index in [9.17, 15) is 19.9 Å². The van der Waals surface area contributed by atoms with Crippen LogP contribution >= 0.6 is 0 Å². The van der Waals surface area contributed by atoms with Gasteiger partial charge in [-0.05, 0) is 49.6 Å². The van der Waals surface area contributed by atoms with Crippen molar-refractivity contribution in [3.8, 4) is 0 Å². The lowest BCUT2D eigenvalue weighted by Gasteiger charge is -2.25. The van der Waals surface area contributed by atoms with Crippen LogP contribution in [0.1, 0.15) is 46.9 Å². The fraction of sp³-hybridized carbons (Fsp3) is 0.263. The highest BCUT2D eigenvalue weighted by molar-refractivity contribution is 5.95. The van der Waals surface area contributed by atoms with Crippen LogP contribution in [-0.2, 0) is 4.79 Å². The molecule has 0 fully saturated rings. The smallest absolute Gasteiger partial charge is 0.337 e. The first kappa shape index (κ1) is 18.5. The van der Waals surface area contributed by atoms with E-state index in [-0.39, 0.29) is 5.56 Å². The number of hydroxylamine groups is 2. The lowest BCUT2D eigenvalue weighted by molar-refractivity contribution is -0.172. The fourth-order valence-electron chi connectivity index (χ4n) is 2.83. The predicted octanol–water partition coefficient (Wildman–Crippen LogP) is 4.04. The monoisotopic (exact) mass is 342 g/mol. The van der Waals surface area contributed by atoms with Crippen LogP contribution in [0.3, 0.4) is 0 Å². The second-order valence-electron chi connectivity index (χ2n) is 5.99. The van der Waals surface area contributed by atoms with Gasteiger partial charge >= 0.3 is 5.97 Å². The normalized spacial score (nSPS) is 11.7. The summed E-state index contributed by atoms with van der Waals surface area (Å²) in [6.07, 6.45) is 0. The molecule has 6 nitrogen and oxygen atoms in total. The molecule has 0 aliphatic heterocycles. The third-order valence-electron chi connectivity index (χ3n) is 4.27. The van der Waals surface area contributed by atoms with E-state index < -0.39 is 17.9 Å². The zero-order chi connectivity index (χ0) is 18.7. The topological polar surface area (TPSA) is 89.9 Å². The summed E-state index contributed by atoms with van der Waals surface area (Å²) < 4.78 is 0. The van der Waals surface area contributed by atoms with Crippen LogP contribution in [0.15, 0.2) is 36.4 Å². The molecule has 0 radical (unpaired) electrons. The first-order valence-electron chi connectivity index (χ1n) is 7.92. The Hall–Kier alpha value is -2.86. The van der Waals surface area contributed by atoms with E-state index in [0.29, 0.717) is 10.8 Å². The second-order valence-corrected chi connectivity index (χ2v) is 5.99. The molecule has 0 aliphatic carbocycles. The number of carboxylic acids is 1. The van der Waals surface area contributed by atoms with Crippen LogP contribution in [0, 0.1) is 13.8 Å². The fourth-order valence-corrected chi connectivity index (χ4v) is 2.83. The number of rotatable bonds is 5. The molecule has 2 aromatic carbocycles. The molecule has 2 rings (SSSR count). The number of carboxylic acid groups (broad SMARTS) is 1. The molecule has 0 bridgehead atoms. The first-order chi connectivity index (χ1) is 11.7. The highest BCUT2D eigenvalue weighted by atomic mass is 16.5. The number of para-hydroxylation sites is 1. The third kappa shape index (κ3) is 3.80. The second kappa shape index (κ2) is 7.36. The van der Waals surface area contributed by atoms with E-state index in [1.165, 1.54) is 13.0 Å². The summed E-state index contributed by atoms with van der Waals surface area (Å²) in [6, 6.07) is 9.88. The highest BCUT2D eigenvalue weighted by Crippen LogP contribution is 2.33. The Morgan fingerprint density at radius 3 is 2.36 bits per heavy atom. The Kier molecular flexibility index (Phi) is 5.44. The number of anilines is 2. The van der Waals surface area contributed by atoms with Gasteiger partial charge in [0.25, 0.3) is 0 Å². The van der Waals surface area contributed by atoms with Crippen molar-refractivity contribution in [1.29, 1.82) is 0 Å². The van der Waals surface area contributed by atoms with Crippen LogP contribution in [0.25, 0.3) is 0 Å². The summed E-state index contributed by atoms with van der Waals surface area (Å²) in [5.41, 5.74) is 3.97. The molecule has 0 saturated carbocycles. The molecule has 0 aromatic heterocycles. The van der Waals surface area contributed by atoms with E-state index in [1.54, 1.807) is 25.1 Å². The van der Waals surface area contributed by atoms with Gasteiger partial charge in [0, 0.05) is 12.6 Å². The summed E-state index contributed by atoms with van der Waals surface area (Å²) in [6.45, 7) is 6.81. The molecule has 1 unspecified atom stereocenters. The Balaban J connectivity index is 2.48. The van der Waals surface area contributed by atoms with Gasteiger partial charge in [0.2, 0.25) is 5.91 Å². The standard InChI is InChI=1S/C19H22N2O4/c1-11-9-10-15(13(3)21(25)14(4)22)12(2)18(11)20-17-8-6-5-7-16(17)19(23)24/h5-10,13,20,25H,1-4H3,(H,23,24). The van der Waals surface area contributed by atoms with Crippen molar-refractivity contribution in [2.24, 2.45) is 0 Å². The summed E-state index contributed by atoms with van der Waals surface area (Å²) in [4.78, 5) is 22.8. The maximum absolute atomic E-state index is 11.4. The maximum Gasteiger partial charge on any atom is 0.337 e. The minimum Gasteiger partial charge on any atom is -0.478 e. The molecule has 25 heavy (non-hydrogen) atoms. The minimum atomic E-state index is -1.01. The van der Waals surface area contributed by atoms with E-state index in [2.05, 4.69) is 5.32 Å². The summed E-state index contributed by atoms with van der Waals surface area (Å²) in [5.74, 6) is -1.46. The number of aryl methyl sites for hydroxylation is 1. The molecule has 2 aromatic rings. The largest absolute Gasteiger partial charge is 0.478 e. The SMILES string of the molecule is CC(=O)N(O)C(C)c1ccc(C)c(Nc2ccccc2C(=O)O)c1C. The number of benzene rings is 2. The molecular weight excluding hydrogens is 320 g/mol. The molecule has 3 N–H and O–H groups in total. The van der Waals surface area contributed by atoms with Gasteiger partial charge in [0.1, 0.15) is 0 Å². The van der Waals surface area contributed by atoms with Gasteiger partial charge in [-0.25, -0.2) is 9.86 Å². The Morgan fingerprint density at radius 1 is 1.12 bits per heavy atom. The van der Waals surface area contributed by atoms with E-state index >= 15 is 0 Å². The number of nitrogens with zero attached hydrogens (tertiary/aromatic N) is 1. The first-order valence-corrected chi connectivity index (χ1v) is 7.92. The number of aromatic carboxylic acids is 1. The molecule has 1 amide bonds. The van der Waals surface area contributed by atoms with Gasteiger partial charge in [-0.2, -0.15) is 0 Å². The zero-order valence-corrected chi connectivity index (χ0v) is 14.7. The van der Waals surface area contributed by atoms with E-state index in [4.69, 9.17) is 0 Å². The van der Waals surface area contributed by atoms with E-state index in [0.717, 1.165) is 22.4 Å². The Morgan fingerprint density at radius 2 is 1.76 bits per heavy atom. The van der Waals surface area contributed by atoms with Crippen molar-refractivity contribution in [3.05, 3.63) is 58.7 Å². The lowest BCUT2D eigenvalue weighted by atomic mass is 9.97. The zero-order valence-electron chi connectivity index (χ0n) is 14.7. The number of hydrogen-bond donors (Lipinski definition) is 3. The van der Waals surface area contributed by atoms with Crippen LogP contribution in [0.2, 0.25) is 0 Å². The molecule has 132 valence electrons. The van der Waals surface area contributed by atoms with Gasteiger partial charge in [-0.3, -0.25) is 10.0 Å². The number of carbonyl (C=O) groups excluding carboxylic acids is 1. The molecular formula is C19H22N2O4. The van der Waals surface area contributed by atoms with Crippen LogP contribution in [0.4, 0.5) is 11.4 Å². The number of amides is 1. The Bertz CT molecular complexity index is 817. The molecule has 1 atom stereocenters. The van der Waals surface area contributed by atoms with Gasteiger partial charge in [-0.1, -0.05) is 24.3 Å². The average Bonchev–Trinajstić information content (AvgIpc) is 2.57. The van der Waals surface area contributed by atoms with Crippen molar-refractivity contribution in [1.82, 2.24) is 5.06 Å². The summed E-state index contributed by atoms with van der Waals surface area (Å²) in [7, 11) is 0. The Labute approximate surface area is 146 Å². The number of carbonyl (C=O) groups is 2. The van der Waals surface area contributed by atoms with E-state index in [1.807, 2.05) is 26.0 Å². The molecule has 0 spiro atoms. The van der Waals surface area contributed by atoms with Gasteiger partial charge in [0.15, 0.2) is 0 Å². The predicted molar refractivity (Wildman–Crippen MR) is 95.3 cm³/mol. The average molecular weight is 342 g/mol. The van der Waals surface area contributed by atoms with Crippen LogP contribution in [0.5, 0.6) is 0 Å². The molecule has 6 heteroatoms. The van der Waals surface area contributed by atoms with Crippen molar-refractivity contribution in [2.75, 3.05) is 5.32 Å². The van der Waals surface area contributed by atoms with Crippen molar-refractivity contribution >= 4 is 23.3 Å². The van der Waals surface area contributed by atoms with Crippen molar-refractivity contribution in [3.63, 3.8) is 0 Å². The van der Waals surface area contributed by atoms with Gasteiger partial charge in [-0.15, -0.1) is 0 Å². The number of nitrogens with one attached hydrogen (secondary N) is 1. The summed E-state index contributed by atoms with van der Waals surface area (Å²) >= 11 is 0. The van der Waals surface area contributed by atoms with Gasteiger partial charge in [0.05, 0.1) is 17.3 Å². The summed E-state index contributed by atoms with van der Waals surface area (Å²) in [5, 5.41) is 23.1.